The minimum atomic E-state index is -3.82. The molecule has 1 aliphatic rings. The van der Waals surface area contributed by atoms with Crippen molar-refractivity contribution in [1.29, 1.82) is 0 Å². The van der Waals surface area contributed by atoms with Crippen molar-refractivity contribution in [2.45, 2.75) is 25.2 Å². The summed E-state index contributed by atoms with van der Waals surface area (Å²) in [7, 11) is -3.82. The third-order valence-corrected chi connectivity index (χ3v) is 7.37. The van der Waals surface area contributed by atoms with Crippen LogP contribution in [0.15, 0.2) is 40.2 Å². The van der Waals surface area contributed by atoms with Gasteiger partial charge in [-0.2, -0.15) is 0 Å². The Morgan fingerprint density at radius 2 is 1.86 bits per heavy atom. The first kappa shape index (κ1) is 21.6. The van der Waals surface area contributed by atoms with Gasteiger partial charge in [-0.1, -0.05) is 23.5 Å². The zero-order valence-electron chi connectivity index (χ0n) is 16.0. The van der Waals surface area contributed by atoms with Crippen LogP contribution in [0.4, 0.5) is 11.6 Å². The van der Waals surface area contributed by atoms with Crippen LogP contribution in [0, 0.1) is 13.8 Å². The highest BCUT2D eigenvalue weighted by Crippen LogP contribution is 2.23. The fourth-order valence-corrected chi connectivity index (χ4v) is 5.49. The lowest BCUT2D eigenvalue weighted by Gasteiger charge is -2.09. The normalized spacial score (nSPS) is 13.8. The van der Waals surface area contributed by atoms with Gasteiger partial charge < -0.3 is 5.32 Å². The summed E-state index contributed by atoms with van der Waals surface area (Å²) in [5, 5.41) is 2.77. The van der Waals surface area contributed by atoms with Crippen LogP contribution in [0.2, 0.25) is 0 Å². The molecular formula is C18H21N5O3S3. The number of hydrogen-bond acceptors (Lipinski definition) is 8. The highest BCUT2D eigenvalue weighted by atomic mass is 32.2. The van der Waals surface area contributed by atoms with Gasteiger partial charge >= 0.3 is 0 Å². The summed E-state index contributed by atoms with van der Waals surface area (Å²) in [6.45, 7) is 4.38. The summed E-state index contributed by atoms with van der Waals surface area (Å²) in [5.74, 6) is 1.57. The van der Waals surface area contributed by atoms with Crippen molar-refractivity contribution in [3.63, 3.8) is 0 Å². The molecule has 11 heteroatoms. The maximum absolute atomic E-state index is 12.5. The topological polar surface area (TPSA) is 113 Å². The molecule has 0 unspecified atom stereocenters. The van der Waals surface area contributed by atoms with E-state index in [0.29, 0.717) is 29.2 Å². The Labute approximate surface area is 178 Å². The van der Waals surface area contributed by atoms with Crippen molar-refractivity contribution < 1.29 is 13.2 Å². The lowest BCUT2D eigenvalue weighted by molar-refractivity contribution is -0.115. The number of amides is 1. The quantitative estimate of drug-likeness (QED) is 0.665. The van der Waals surface area contributed by atoms with Gasteiger partial charge in [0.1, 0.15) is 4.38 Å². The zero-order chi connectivity index (χ0) is 20.9. The van der Waals surface area contributed by atoms with Crippen LogP contribution in [0.1, 0.15) is 17.8 Å². The van der Waals surface area contributed by atoms with Gasteiger partial charge in [-0.05, 0) is 44.2 Å². The molecule has 0 atom stereocenters. The van der Waals surface area contributed by atoms with Gasteiger partial charge in [-0.25, -0.2) is 23.1 Å². The first-order valence-corrected chi connectivity index (χ1v) is 12.3. The number of sulfonamides is 1. The third kappa shape index (κ3) is 6.44. The smallest absolute Gasteiger partial charge is 0.264 e. The maximum atomic E-state index is 12.5. The average molecular weight is 452 g/mol. The highest BCUT2D eigenvalue weighted by molar-refractivity contribution is 8.39. The predicted octanol–water partition coefficient (Wildman–Crippen LogP) is 3.06. The molecule has 1 aromatic carbocycles. The predicted molar refractivity (Wildman–Crippen MR) is 119 cm³/mol. The van der Waals surface area contributed by atoms with Crippen LogP contribution in [-0.2, 0) is 14.8 Å². The van der Waals surface area contributed by atoms with Crippen molar-refractivity contribution in [3.05, 3.63) is 41.7 Å². The van der Waals surface area contributed by atoms with E-state index in [-0.39, 0.29) is 16.8 Å². The third-order valence-electron chi connectivity index (χ3n) is 3.77. The van der Waals surface area contributed by atoms with Crippen molar-refractivity contribution in [2.24, 2.45) is 4.99 Å². The number of hydrogen-bond donors (Lipinski definition) is 2. The zero-order valence-corrected chi connectivity index (χ0v) is 18.5. The number of benzene rings is 1. The van der Waals surface area contributed by atoms with Crippen LogP contribution in [0.3, 0.4) is 0 Å². The van der Waals surface area contributed by atoms with E-state index in [2.05, 4.69) is 25.0 Å². The molecule has 0 bridgehead atoms. The molecule has 2 heterocycles. The Bertz CT molecular complexity index is 1000. The van der Waals surface area contributed by atoms with Crippen LogP contribution in [-0.4, -0.2) is 46.7 Å². The van der Waals surface area contributed by atoms with E-state index in [1.165, 1.54) is 12.1 Å². The number of nitrogens with one attached hydrogen (secondary N) is 2. The second-order valence-corrected chi connectivity index (χ2v) is 10.4. The molecule has 0 radical (unpaired) electrons. The van der Waals surface area contributed by atoms with Crippen molar-refractivity contribution in [1.82, 2.24) is 9.97 Å². The van der Waals surface area contributed by atoms with Crippen molar-refractivity contribution in [2.75, 3.05) is 28.1 Å². The molecular weight excluding hydrogens is 430 g/mol. The SMILES string of the molecule is Cc1cc(C)nc(NS(=O)(=O)c2ccc(NC(=O)CCSC3=NCCS3)cc2)n1. The number of aromatic nitrogens is 2. The first-order chi connectivity index (χ1) is 13.8. The minimum Gasteiger partial charge on any atom is -0.326 e. The molecule has 0 saturated carbocycles. The van der Waals surface area contributed by atoms with E-state index < -0.39 is 10.0 Å². The van der Waals surface area contributed by atoms with E-state index in [4.69, 9.17) is 0 Å². The van der Waals surface area contributed by atoms with Gasteiger partial charge in [-0.15, -0.1) is 0 Å². The van der Waals surface area contributed by atoms with Crippen LogP contribution < -0.4 is 10.0 Å². The summed E-state index contributed by atoms with van der Waals surface area (Å²) >= 11 is 3.30. The van der Waals surface area contributed by atoms with Crippen LogP contribution in [0.25, 0.3) is 0 Å². The summed E-state index contributed by atoms with van der Waals surface area (Å²) < 4.78 is 28.5. The first-order valence-electron chi connectivity index (χ1n) is 8.87. The number of rotatable bonds is 7. The molecule has 1 aliphatic heterocycles. The Hall–Kier alpha value is -2.11. The van der Waals surface area contributed by atoms with Gasteiger partial charge in [0.2, 0.25) is 11.9 Å². The number of carbonyl (C=O) groups is 1. The van der Waals surface area contributed by atoms with Crippen molar-refractivity contribution in [3.8, 4) is 0 Å². The molecule has 0 fully saturated rings. The number of anilines is 2. The summed E-state index contributed by atoms with van der Waals surface area (Å²) in [6.07, 6.45) is 0.357. The molecule has 0 spiro atoms. The van der Waals surface area contributed by atoms with Gasteiger partial charge in [0, 0.05) is 35.0 Å². The summed E-state index contributed by atoms with van der Waals surface area (Å²) in [4.78, 5) is 24.6. The maximum Gasteiger partial charge on any atom is 0.264 e. The number of thioether (sulfide) groups is 2. The Balaban J connectivity index is 1.56. The van der Waals surface area contributed by atoms with Gasteiger partial charge in [0.15, 0.2) is 0 Å². The van der Waals surface area contributed by atoms with Crippen LogP contribution in [0.5, 0.6) is 0 Å². The molecule has 0 aliphatic carbocycles. The second-order valence-electron chi connectivity index (χ2n) is 6.25. The van der Waals surface area contributed by atoms with E-state index in [1.54, 1.807) is 55.6 Å². The molecule has 3 rings (SSSR count). The lowest BCUT2D eigenvalue weighted by atomic mass is 10.3. The average Bonchev–Trinajstić information content (AvgIpc) is 3.14. The molecule has 1 aromatic heterocycles. The molecule has 2 aromatic rings. The fourth-order valence-electron chi connectivity index (χ4n) is 2.53. The molecule has 2 N–H and O–H groups in total. The van der Waals surface area contributed by atoms with Gasteiger partial charge in [0.05, 0.1) is 11.4 Å². The number of carbonyl (C=O) groups excluding carboxylic acids is 1. The van der Waals surface area contributed by atoms with E-state index in [1.807, 2.05) is 0 Å². The Morgan fingerprint density at radius 1 is 1.17 bits per heavy atom. The summed E-state index contributed by atoms with van der Waals surface area (Å²) in [6, 6.07) is 7.73. The Kier molecular flexibility index (Phi) is 7.14. The Morgan fingerprint density at radius 3 is 2.48 bits per heavy atom. The number of nitrogens with zero attached hydrogens (tertiary/aromatic N) is 3. The van der Waals surface area contributed by atoms with E-state index in [9.17, 15) is 13.2 Å². The van der Waals surface area contributed by atoms with Crippen molar-refractivity contribution >= 4 is 55.5 Å². The standard InChI is InChI=1S/C18H21N5O3S3/c1-12-11-13(2)21-17(20-12)23-29(25,26)15-5-3-14(4-6-15)22-16(24)7-9-27-18-19-8-10-28-18/h3-6,11H,7-10H2,1-2H3,(H,22,24)(H,20,21,23). The fraction of sp³-hybridized carbons (Fsp3) is 0.333. The molecule has 1 amide bonds. The van der Waals surface area contributed by atoms with Gasteiger partial charge in [-0.3, -0.25) is 9.79 Å². The second kappa shape index (κ2) is 9.59. The number of aryl methyl sites for hydroxylation is 2. The molecule has 8 nitrogen and oxygen atoms in total. The largest absolute Gasteiger partial charge is 0.326 e. The summed E-state index contributed by atoms with van der Waals surface area (Å²) in [5.41, 5.74) is 1.88. The molecule has 29 heavy (non-hydrogen) atoms. The van der Waals surface area contributed by atoms with Gasteiger partial charge in [0.25, 0.3) is 10.0 Å². The molecule has 154 valence electrons. The lowest BCUT2D eigenvalue weighted by Crippen LogP contribution is -2.16. The minimum absolute atomic E-state index is 0.0300. The van der Waals surface area contributed by atoms with E-state index in [0.717, 1.165) is 16.7 Å². The number of aliphatic imine (C=N–C) groups is 1. The highest BCUT2D eigenvalue weighted by Gasteiger charge is 2.16. The monoisotopic (exact) mass is 451 g/mol. The molecule has 0 saturated heterocycles. The van der Waals surface area contributed by atoms with E-state index >= 15 is 0 Å². The van der Waals surface area contributed by atoms with Crippen LogP contribution >= 0.6 is 23.5 Å².